The molecule has 0 saturated carbocycles. The molecule has 0 amide bonds. The number of hydrogen-bond donors (Lipinski definition) is 1. The van der Waals surface area contributed by atoms with Gasteiger partial charge in [0.15, 0.2) is 5.13 Å². The molecule has 0 atom stereocenters. The number of benzene rings is 1. The van der Waals surface area contributed by atoms with Crippen LogP contribution >= 0.6 is 11.3 Å². The lowest BCUT2D eigenvalue weighted by atomic mass is 10.3. The van der Waals surface area contributed by atoms with Crippen LogP contribution in [0.15, 0.2) is 30.3 Å². The number of thiazole rings is 1. The highest BCUT2D eigenvalue weighted by atomic mass is 32.1. The molecule has 0 spiro atoms. The third-order valence-electron chi connectivity index (χ3n) is 5.25. The number of nitrogens with one attached hydrogen (secondary N) is 1. The summed E-state index contributed by atoms with van der Waals surface area (Å²) in [4.78, 5) is 9.82. The third kappa shape index (κ3) is 3.22. The number of nitrogens with zero attached hydrogens (tertiary/aromatic N) is 5. The molecular formula is C19H24N6S. The van der Waals surface area contributed by atoms with Gasteiger partial charge in [-0.25, -0.2) is 4.98 Å². The normalized spacial score (nSPS) is 18.8. The highest BCUT2D eigenvalue weighted by Gasteiger charge is 2.19. The van der Waals surface area contributed by atoms with Gasteiger partial charge in [0.2, 0.25) is 0 Å². The molecule has 1 fully saturated rings. The monoisotopic (exact) mass is 368 g/mol. The van der Waals surface area contributed by atoms with E-state index < -0.39 is 0 Å². The van der Waals surface area contributed by atoms with Crippen molar-refractivity contribution in [3.63, 3.8) is 0 Å². The van der Waals surface area contributed by atoms with Crippen LogP contribution in [0.3, 0.4) is 0 Å². The number of fused-ring (bicyclic) bond motifs is 2. The largest absolute Gasteiger partial charge is 0.347 e. The van der Waals surface area contributed by atoms with Crippen molar-refractivity contribution in [2.45, 2.75) is 26.1 Å². The van der Waals surface area contributed by atoms with Gasteiger partial charge in [-0.05, 0) is 24.6 Å². The van der Waals surface area contributed by atoms with E-state index in [2.05, 4.69) is 50.1 Å². The van der Waals surface area contributed by atoms with Crippen LogP contribution in [-0.2, 0) is 19.6 Å². The minimum absolute atomic E-state index is 0.943. The zero-order chi connectivity index (χ0) is 17.3. The van der Waals surface area contributed by atoms with Gasteiger partial charge in [-0.15, -0.1) is 0 Å². The summed E-state index contributed by atoms with van der Waals surface area (Å²) in [5.41, 5.74) is 3.64. The van der Waals surface area contributed by atoms with Crippen LogP contribution in [0.5, 0.6) is 0 Å². The van der Waals surface area contributed by atoms with E-state index in [0.717, 1.165) is 63.0 Å². The Labute approximate surface area is 157 Å². The summed E-state index contributed by atoms with van der Waals surface area (Å²) in [6, 6.07) is 10.7. The SMILES string of the molecule is c1ccc2sc(N3CCCN(Cc4cc5n(n4)CCNC5)CC3)nc2c1. The second-order valence-corrected chi connectivity index (χ2v) is 8.12. The molecule has 5 rings (SSSR count). The molecule has 1 saturated heterocycles. The highest BCUT2D eigenvalue weighted by Crippen LogP contribution is 2.29. The Morgan fingerprint density at radius 1 is 1.08 bits per heavy atom. The topological polar surface area (TPSA) is 49.2 Å². The van der Waals surface area contributed by atoms with E-state index in [1.807, 2.05) is 11.3 Å². The van der Waals surface area contributed by atoms with Gasteiger partial charge in [-0.1, -0.05) is 23.5 Å². The Kier molecular flexibility index (Phi) is 4.36. The molecule has 3 aromatic rings. The molecule has 4 heterocycles. The molecular weight excluding hydrogens is 344 g/mol. The van der Waals surface area contributed by atoms with Crippen LogP contribution in [0.2, 0.25) is 0 Å². The fraction of sp³-hybridized carbons (Fsp3) is 0.474. The van der Waals surface area contributed by atoms with Gasteiger partial charge in [-0.3, -0.25) is 9.58 Å². The summed E-state index contributed by atoms with van der Waals surface area (Å²) >= 11 is 1.81. The van der Waals surface area contributed by atoms with Gasteiger partial charge < -0.3 is 10.2 Å². The number of anilines is 1. The predicted octanol–water partition coefficient (Wildman–Crippen LogP) is 2.31. The predicted molar refractivity (Wildman–Crippen MR) is 106 cm³/mol. The minimum Gasteiger partial charge on any atom is -0.347 e. The van der Waals surface area contributed by atoms with Crippen LogP contribution in [-0.4, -0.2) is 52.4 Å². The lowest BCUT2D eigenvalue weighted by Gasteiger charge is -2.20. The molecule has 7 heteroatoms. The van der Waals surface area contributed by atoms with Gasteiger partial charge in [0.25, 0.3) is 0 Å². The van der Waals surface area contributed by atoms with Crippen molar-refractivity contribution in [3.05, 3.63) is 41.7 Å². The minimum atomic E-state index is 0.943. The molecule has 2 aliphatic heterocycles. The summed E-state index contributed by atoms with van der Waals surface area (Å²) in [6.45, 7) is 8.22. The van der Waals surface area contributed by atoms with E-state index in [4.69, 9.17) is 10.1 Å². The van der Waals surface area contributed by atoms with Crippen molar-refractivity contribution in [1.29, 1.82) is 0 Å². The van der Waals surface area contributed by atoms with Gasteiger partial charge in [0.05, 0.1) is 28.1 Å². The Bertz CT molecular complexity index is 844. The molecule has 2 aromatic heterocycles. The first-order valence-electron chi connectivity index (χ1n) is 9.44. The standard InChI is InChI=1S/C19H24N6S/c1-2-5-18-17(4-1)21-19(26-18)24-8-3-7-23(10-11-24)14-15-12-16-13-20-6-9-25(16)22-15/h1-2,4-5,12,20H,3,6-11,13-14H2. The molecule has 0 unspecified atom stereocenters. The molecule has 6 nitrogen and oxygen atoms in total. The van der Waals surface area contributed by atoms with E-state index >= 15 is 0 Å². The molecule has 1 N–H and O–H groups in total. The fourth-order valence-corrected chi connectivity index (χ4v) is 4.89. The van der Waals surface area contributed by atoms with Gasteiger partial charge >= 0.3 is 0 Å². The lowest BCUT2D eigenvalue weighted by molar-refractivity contribution is 0.280. The van der Waals surface area contributed by atoms with Crippen molar-refractivity contribution in [2.24, 2.45) is 0 Å². The number of rotatable bonds is 3. The Balaban J connectivity index is 1.26. The third-order valence-corrected chi connectivity index (χ3v) is 6.34. The van der Waals surface area contributed by atoms with Crippen LogP contribution in [0, 0.1) is 0 Å². The maximum Gasteiger partial charge on any atom is 0.186 e. The lowest BCUT2D eigenvalue weighted by Crippen LogP contribution is -2.30. The highest BCUT2D eigenvalue weighted by molar-refractivity contribution is 7.22. The maximum absolute atomic E-state index is 4.83. The number of para-hydroxylation sites is 1. The molecule has 1 aromatic carbocycles. The Morgan fingerprint density at radius 2 is 2.04 bits per heavy atom. The molecule has 2 aliphatic rings. The molecule has 26 heavy (non-hydrogen) atoms. The van der Waals surface area contributed by atoms with Crippen LogP contribution < -0.4 is 10.2 Å². The molecule has 0 aliphatic carbocycles. The summed E-state index contributed by atoms with van der Waals surface area (Å²) in [7, 11) is 0. The maximum atomic E-state index is 4.83. The summed E-state index contributed by atoms with van der Waals surface area (Å²) in [5.74, 6) is 0. The summed E-state index contributed by atoms with van der Waals surface area (Å²) in [5, 5.41) is 9.37. The van der Waals surface area contributed by atoms with Crippen molar-refractivity contribution >= 4 is 26.7 Å². The molecule has 136 valence electrons. The Morgan fingerprint density at radius 3 is 2.96 bits per heavy atom. The first kappa shape index (κ1) is 16.2. The first-order chi connectivity index (χ1) is 12.8. The number of aromatic nitrogens is 3. The average Bonchev–Trinajstić information content (AvgIpc) is 3.20. The van der Waals surface area contributed by atoms with Crippen molar-refractivity contribution in [3.8, 4) is 0 Å². The first-order valence-corrected chi connectivity index (χ1v) is 10.3. The van der Waals surface area contributed by atoms with Crippen molar-refractivity contribution in [1.82, 2.24) is 25.0 Å². The average molecular weight is 369 g/mol. The molecule has 0 bridgehead atoms. The van der Waals surface area contributed by atoms with Crippen LogP contribution in [0.4, 0.5) is 5.13 Å². The van der Waals surface area contributed by atoms with Crippen LogP contribution in [0.25, 0.3) is 10.2 Å². The summed E-state index contributed by atoms with van der Waals surface area (Å²) < 4.78 is 3.44. The van der Waals surface area contributed by atoms with E-state index in [1.54, 1.807) is 0 Å². The number of hydrogen-bond acceptors (Lipinski definition) is 6. The quantitative estimate of drug-likeness (QED) is 0.769. The molecule has 0 radical (unpaired) electrons. The second-order valence-electron chi connectivity index (χ2n) is 7.11. The van der Waals surface area contributed by atoms with Crippen LogP contribution in [0.1, 0.15) is 17.8 Å². The zero-order valence-corrected chi connectivity index (χ0v) is 15.7. The Hall–Kier alpha value is -1.96. The van der Waals surface area contributed by atoms with Crippen molar-refractivity contribution in [2.75, 3.05) is 37.6 Å². The fourth-order valence-electron chi connectivity index (χ4n) is 3.87. The van der Waals surface area contributed by atoms with Gasteiger partial charge in [0, 0.05) is 45.8 Å². The van der Waals surface area contributed by atoms with E-state index in [-0.39, 0.29) is 0 Å². The second kappa shape index (κ2) is 6.98. The van der Waals surface area contributed by atoms with E-state index in [9.17, 15) is 0 Å². The zero-order valence-electron chi connectivity index (χ0n) is 14.9. The van der Waals surface area contributed by atoms with E-state index in [0.29, 0.717) is 0 Å². The van der Waals surface area contributed by atoms with E-state index in [1.165, 1.54) is 22.5 Å². The van der Waals surface area contributed by atoms with Gasteiger partial charge in [0.1, 0.15) is 0 Å². The summed E-state index contributed by atoms with van der Waals surface area (Å²) in [6.07, 6.45) is 1.17. The van der Waals surface area contributed by atoms with Crippen molar-refractivity contribution < 1.29 is 0 Å². The smallest absolute Gasteiger partial charge is 0.186 e. The van der Waals surface area contributed by atoms with Gasteiger partial charge in [-0.2, -0.15) is 5.10 Å².